The predicted octanol–water partition coefficient (Wildman–Crippen LogP) is 1.13. The minimum atomic E-state index is -0.831. The Balaban J connectivity index is 1.71. The maximum atomic E-state index is 11.8. The smallest absolute Gasteiger partial charge is 0.322 e. The van der Waals surface area contributed by atoms with Crippen molar-refractivity contribution >= 4 is 23.5 Å². The third-order valence-corrected chi connectivity index (χ3v) is 3.55. The predicted molar refractivity (Wildman–Crippen MR) is 92.9 cm³/mol. The van der Waals surface area contributed by atoms with Crippen LogP contribution in [0.3, 0.4) is 0 Å². The molecular formula is C17H17N5O3. The van der Waals surface area contributed by atoms with E-state index in [1.54, 1.807) is 18.5 Å². The second kappa shape index (κ2) is 7.43. The van der Waals surface area contributed by atoms with Crippen molar-refractivity contribution in [2.75, 3.05) is 19.0 Å². The van der Waals surface area contributed by atoms with Gasteiger partial charge in [-0.15, -0.1) is 0 Å². The van der Waals surface area contributed by atoms with Gasteiger partial charge in [0.25, 0.3) is 5.91 Å². The summed E-state index contributed by atoms with van der Waals surface area (Å²) in [5.74, 6) is 0.602. The number of amides is 3. The van der Waals surface area contributed by atoms with Crippen molar-refractivity contribution < 1.29 is 14.3 Å². The van der Waals surface area contributed by atoms with Gasteiger partial charge in [0, 0.05) is 6.20 Å². The number of hydrogen-bond acceptors (Lipinski definition) is 6. The van der Waals surface area contributed by atoms with Crippen LogP contribution in [0, 0.1) is 0 Å². The van der Waals surface area contributed by atoms with Crippen molar-refractivity contribution in [1.82, 2.24) is 15.6 Å². The highest BCUT2D eigenvalue weighted by Gasteiger charge is 2.33. The Hall–Kier alpha value is -3.42. The molecule has 25 heavy (non-hydrogen) atoms. The van der Waals surface area contributed by atoms with E-state index in [0.717, 1.165) is 11.3 Å². The van der Waals surface area contributed by atoms with Gasteiger partial charge in [-0.05, 0) is 29.9 Å². The Kier molecular flexibility index (Phi) is 4.89. The quantitative estimate of drug-likeness (QED) is 0.563. The van der Waals surface area contributed by atoms with E-state index in [0.29, 0.717) is 18.1 Å². The summed E-state index contributed by atoms with van der Waals surface area (Å²) < 4.78 is 5.27. The fraction of sp³-hybridized carbons (Fsp3) is 0.176. The number of imide groups is 1. The summed E-state index contributed by atoms with van der Waals surface area (Å²) in [7, 11) is 1.45. The summed E-state index contributed by atoms with van der Waals surface area (Å²) in [6.07, 6.45) is 10.7. The minimum absolute atomic E-state index is 0.349. The standard InChI is InChI=1S/C17H17N5O3/c1-25-13(15-16(23)22-17(24)21-15)8-11-4-2-6-14(19-9-11)20-12-5-3-7-18-10-12/h2-8,10,15H,9H2,1H3,(H,19,20)(H2,21,22,23,24)/b13-8-. The maximum Gasteiger partial charge on any atom is 0.322 e. The number of allylic oxidation sites excluding steroid dienone is 2. The zero-order valence-electron chi connectivity index (χ0n) is 13.5. The molecule has 0 bridgehead atoms. The van der Waals surface area contributed by atoms with E-state index in [4.69, 9.17) is 4.74 Å². The Morgan fingerprint density at radius 1 is 1.44 bits per heavy atom. The van der Waals surface area contributed by atoms with Crippen LogP contribution in [0.4, 0.5) is 10.5 Å². The zero-order chi connectivity index (χ0) is 17.6. The molecular weight excluding hydrogens is 322 g/mol. The molecule has 3 rings (SSSR count). The molecule has 128 valence electrons. The molecule has 0 spiro atoms. The first-order chi connectivity index (χ1) is 12.2. The van der Waals surface area contributed by atoms with Crippen molar-refractivity contribution in [3.05, 3.63) is 60.2 Å². The molecule has 2 aliphatic rings. The first kappa shape index (κ1) is 16.4. The molecule has 1 saturated heterocycles. The summed E-state index contributed by atoms with van der Waals surface area (Å²) in [6, 6.07) is 2.37. The van der Waals surface area contributed by atoms with Gasteiger partial charge >= 0.3 is 6.03 Å². The number of urea groups is 1. The molecule has 8 nitrogen and oxygen atoms in total. The van der Waals surface area contributed by atoms with E-state index in [1.165, 1.54) is 7.11 Å². The minimum Gasteiger partial charge on any atom is -0.498 e. The lowest BCUT2D eigenvalue weighted by atomic mass is 10.1. The van der Waals surface area contributed by atoms with Crippen LogP contribution in [-0.4, -0.2) is 42.5 Å². The van der Waals surface area contributed by atoms with Crippen molar-refractivity contribution in [3.8, 4) is 0 Å². The number of carbonyl (C=O) groups excluding carboxylic acids is 2. The van der Waals surface area contributed by atoms with Crippen LogP contribution in [0.1, 0.15) is 0 Å². The Bertz CT molecular complexity index is 796. The number of nitrogens with zero attached hydrogens (tertiary/aromatic N) is 2. The van der Waals surface area contributed by atoms with Gasteiger partial charge in [0.15, 0.2) is 6.04 Å². The molecule has 0 aromatic carbocycles. The number of rotatable bonds is 4. The number of amidine groups is 1. The maximum absolute atomic E-state index is 11.8. The van der Waals surface area contributed by atoms with Crippen LogP contribution in [0.25, 0.3) is 0 Å². The third kappa shape index (κ3) is 4.11. The lowest BCUT2D eigenvalue weighted by Gasteiger charge is -2.12. The second-order valence-corrected chi connectivity index (χ2v) is 5.32. The SMILES string of the molecule is CO/C(=C\C1=CC=CC(Nc2cccnc2)=NC1)C1NC(=O)NC1=O. The van der Waals surface area contributed by atoms with E-state index >= 15 is 0 Å². The van der Waals surface area contributed by atoms with E-state index in [2.05, 4.69) is 25.9 Å². The topological polar surface area (TPSA) is 105 Å². The number of carbonyl (C=O) groups is 2. The van der Waals surface area contributed by atoms with E-state index in [-0.39, 0.29) is 0 Å². The van der Waals surface area contributed by atoms with Gasteiger partial charge in [0.1, 0.15) is 11.6 Å². The number of ether oxygens (including phenoxy) is 1. The normalized spacial score (nSPS) is 20.2. The summed E-state index contributed by atoms with van der Waals surface area (Å²) >= 11 is 0. The highest BCUT2D eigenvalue weighted by atomic mass is 16.5. The van der Waals surface area contributed by atoms with Gasteiger partial charge in [-0.25, -0.2) is 4.79 Å². The fourth-order valence-corrected chi connectivity index (χ4v) is 2.36. The number of aliphatic imine (C=N–C) groups is 1. The molecule has 2 aliphatic heterocycles. The molecule has 0 radical (unpaired) electrons. The van der Waals surface area contributed by atoms with E-state index in [1.807, 2.05) is 30.4 Å². The molecule has 1 aromatic heterocycles. The Morgan fingerprint density at radius 3 is 3.00 bits per heavy atom. The van der Waals surface area contributed by atoms with E-state index < -0.39 is 18.0 Å². The number of methoxy groups -OCH3 is 1. The molecule has 3 heterocycles. The van der Waals surface area contributed by atoms with Crippen molar-refractivity contribution in [3.63, 3.8) is 0 Å². The molecule has 0 aliphatic carbocycles. The zero-order valence-corrected chi connectivity index (χ0v) is 13.5. The fourth-order valence-electron chi connectivity index (χ4n) is 2.36. The summed E-state index contributed by atoms with van der Waals surface area (Å²) in [4.78, 5) is 31.5. The number of hydrogen-bond donors (Lipinski definition) is 3. The van der Waals surface area contributed by atoms with Gasteiger partial charge in [-0.2, -0.15) is 0 Å². The third-order valence-electron chi connectivity index (χ3n) is 3.55. The Morgan fingerprint density at radius 2 is 2.32 bits per heavy atom. The molecule has 1 atom stereocenters. The molecule has 1 aromatic rings. The average Bonchev–Trinajstić information content (AvgIpc) is 2.81. The number of aromatic nitrogens is 1. The van der Waals surface area contributed by atoms with Crippen molar-refractivity contribution in [1.29, 1.82) is 0 Å². The van der Waals surface area contributed by atoms with Gasteiger partial charge in [0.2, 0.25) is 0 Å². The largest absolute Gasteiger partial charge is 0.498 e. The molecule has 8 heteroatoms. The summed E-state index contributed by atoms with van der Waals surface area (Å²) in [6.45, 7) is 0.394. The van der Waals surface area contributed by atoms with Gasteiger partial charge in [-0.3, -0.25) is 20.1 Å². The van der Waals surface area contributed by atoms with Crippen LogP contribution in [0.15, 0.2) is 65.2 Å². The van der Waals surface area contributed by atoms with Gasteiger partial charge in [-0.1, -0.05) is 12.2 Å². The summed E-state index contributed by atoms with van der Waals surface area (Å²) in [5, 5.41) is 7.86. The summed E-state index contributed by atoms with van der Waals surface area (Å²) in [5.41, 5.74) is 1.68. The van der Waals surface area contributed by atoms with Crippen LogP contribution < -0.4 is 16.0 Å². The lowest BCUT2D eigenvalue weighted by Crippen LogP contribution is -2.31. The number of anilines is 1. The Labute approximate surface area is 144 Å². The lowest BCUT2D eigenvalue weighted by molar-refractivity contribution is -0.120. The average molecular weight is 339 g/mol. The second-order valence-electron chi connectivity index (χ2n) is 5.32. The molecule has 1 fully saturated rings. The van der Waals surface area contributed by atoms with Crippen LogP contribution >= 0.6 is 0 Å². The molecule has 3 amide bonds. The van der Waals surface area contributed by atoms with Crippen molar-refractivity contribution in [2.24, 2.45) is 4.99 Å². The number of nitrogens with one attached hydrogen (secondary N) is 3. The molecule has 1 unspecified atom stereocenters. The molecule has 3 N–H and O–H groups in total. The van der Waals surface area contributed by atoms with E-state index in [9.17, 15) is 9.59 Å². The van der Waals surface area contributed by atoms with Crippen LogP contribution in [-0.2, 0) is 9.53 Å². The monoisotopic (exact) mass is 339 g/mol. The first-order valence-electron chi connectivity index (χ1n) is 7.61. The van der Waals surface area contributed by atoms with Crippen LogP contribution in [0.5, 0.6) is 0 Å². The highest BCUT2D eigenvalue weighted by Crippen LogP contribution is 2.14. The van der Waals surface area contributed by atoms with Crippen LogP contribution in [0.2, 0.25) is 0 Å². The first-order valence-corrected chi connectivity index (χ1v) is 7.61. The van der Waals surface area contributed by atoms with Crippen molar-refractivity contribution in [2.45, 2.75) is 6.04 Å². The number of pyridine rings is 1. The van der Waals surface area contributed by atoms with Gasteiger partial charge in [0.05, 0.1) is 25.5 Å². The highest BCUT2D eigenvalue weighted by molar-refractivity contribution is 6.06. The molecule has 0 saturated carbocycles. The van der Waals surface area contributed by atoms with Gasteiger partial charge < -0.3 is 15.4 Å².